The number of aromatic nitrogens is 3. The van der Waals surface area contributed by atoms with Crippen molar-refractivity contribution in [1.29, 1.82) is 0 Å². The average Bonchev–Trinajstić information content (AvgIpc) is 2.19. The van der Waals surface area contributed by atoms with Gasteiger partial charge in [-0.2, -0.15) is 0 Å². The lowest BCUT2D eigenvalue weighted by Gasteiger charge is -2.02. The summed E-state index contributed by atoms with van der Waals surface area (Å²) in [6, 6.07) is 3.77. The minimum absolute atomic E-state index is 0.555. The van der Waals surface area contributed by atoms with Crippen molar-refractivity contribution >= 4 is 0 Å². The highest BCUT2D eigenvalue weighted by Gasteiger charge is 1.97. The zero-order valence-electron chi connectivity index (χ0n) is 7.71. The second-order valence-corrected chi connectivity index (χ2v) is 2.85. The zero-order valence-corrected chi connectivity index (χ0v) is 7.71. The highest BCUT2D eigenvalue weighted by molar-refractivity contribution is 5.24. The van der Waals surface area contributed by atoms with E-state index in [-0.39, 0.29) is 0 Å². The standard InChI is InChI=1S/C10H9N3O/c1-8-2-3-13-10(4-8)14-9-5-11-7-12-6-9/h2-7H,1H3. The van der Waals surface area contributed by atoms with Gasteiger partial charge in [-0.05, 0) is 18.6 Å². The molecule has 2 aromatic heterocycles. The Labute approximate surface area is 81.6 Å². The van der Waals surface area contributed by atoms with Crippen LogP contribution < -0.4 is 4.74 Å². The van der Waals surface area contributed by atoms with Crippen LogP contribution in [0, 0.1) is 6.92 Å². The minimum Gasteiger partial charge on any atom is -0.436 e. The van der Waals surface area contributed by atoms with Gasteiger partial charge in [0.25, 0.3) is 0 Å². The van der Waals surface area contributed by atoms with Crippen LogP contribution in [-0.4, -0.2) is 15.0 Å². The van der Waals surface area contributed by atoms with Gasteiger partial charge in [-0.3, -0.25) is 0 Å². The Morgan fingerprint density at radius 1 is 1.21 bits per heavy atom. The van der Waals surface area contributed by atoms with Crippen LogP contribution in [0.15, 0.2) is 37.1 Å². The minimum atomic E-state index is 0.555. The van der Waals surface area contributed by atoms with Gasteiger partial charge in [-0.25, -0.2) is 15.0 Å². The Morgan fingerprint density at radius 3 is 2.71 bits per heavy atom. The Hall–Kier alpha value is -1.97. The van der Waals surface area contributed by atoms with Gasteiger partial charge in [0.1, 0.15) is 6.33 Å². The van der Waals surface area contributed by atoms with Crippen molar-refractivity contribution in [1.82, 2.24) is 15.0 Å². The van der Waals surface area contributed by atoms with E-state index in [1.807, 2.05) is 19.1 Å². The Balaban J connectivity index is 2.19. The number of hydrogen-bond donors (Lipinski definition) is 0. The van der Waals surface area contributed by atoms with Crippen molar-refractivity contribution in [3.05, 3.63) is 42.6 Å². The van der Waals surface area contributed by atoms with E-state index in [0.717, 1.165) is 5.56 Å². The third-order valence-electron chi connectivity index (χ3n) is 1.65. The molecular formula is C10H9N3O. The molecule has 0 saturated heterocycles. The Kier molecular flexibility index (Phi) is 2.36. The summed E-state index contributed by atoms with van der Waals surface area (Å²) in [5.74, 6) is 1.14. The summed E-state index contributed by atoms with van der Waals surface area (Å²) in [6.07, 6.45) is 6.35. The van der Waals surface area contributed by atoms with E-state index in [9.17, 15) is 0 Å². The predicted molar refractivity (Wildman–Crippen MR) is 51.1 cm³/mol. The molecule has 4 heteroatoms. The van der Waals surface area contributed by atoms with Crippen LogP contribution in [0.4, 0.5) is 0 Å². The molecule has 0 aromatic carbocycles. The van der Waals surface area contributed by atoms with E-state index in [4.69, 9.17) is 4.74 Å². The van der Waals surface area contributed by atoms with Crippen molar-refractivity contribution in [2.45, 2.75) is 6.92 Å². The highest BCUT2D eigenvalue weighted by atomic mass is 16.5. The summed E-state index contributed by atoms with van der Waals surface area (Å²) < 4.78 is 5.42. The van der Waals surface area contributed by atoms with Crippen LogP contribution in [0.2, 0.25) is 0 Å². The molecule has 2 heterocycles. The number of rotatable bonds is 2. The van der Waals surface area contributed by atoms with Gasteiger partial charge >= 0.3 is 0 Å². The molecule has 0 spiro atoms. The first-order valence-corrected chi connectivity index (χ1v) is 4.20. The molecule has 0 fully saturated rings. The van der Waals surface area contributed by atoms with E-state index in [2.05, 4.69) is 15.0 Å². The van der Waals surface area contributed by atoms with Crippen LogP contribution in [-0.2, 0) is 0 Å². The van der Waals surface area contributed by atoms with E-state index >= 15 is 0 Å². The van der Waals surface area contributed by atoms with Crippen molar-refractivity contribution < 1.29 is 4.74 Å². The molecule has 70 valence electrons. The van der Waals surface area contributed by atoms with Gasteiger partial charge in [0, 0.05) is 12.3 Å². The van der Waals surface area contributed by atoms with Crippen molar-refractivity contribution in [3.63, 3.8) is 0 Å². The van der Waals surface area contributed by atoms with Crippen LogP contribution >= 0.6 is 0 Å². The molecule has 4 nitrogen and oxygen atoms in total. The third-order valence-corrected chi connectivity index (χ3v) is 1.65. The lowest BCUT2D eigenvalue weighted by Crippen LogP contribution is -1.89. The molecule has 2 aromatic rings. The number of aryl methyl sites for hydroxylation is 1. The average molecular weight is 187 g/mol. The summed E-state index contributed by atoms with van der Waals surface area (Å²) in [4.78, 5) is 11.7. The molecule has 0 atom stereocenters. The number of ether oxygens (including phenoxy) is 1. The summed E-state index contributed by atoms with van der Waals surface area (Å²) >= 11 is 0. The lowest BCUT2D eigenvalue weighted by atomic mass is 10.3. The summed E-state index contributed by atoms with van der Waals surface area (Å²) in [7, 11) is 0. The maximum atomic E-state index is 5.42. The summed E-state index contributed by atoms with van der Waals surface area (Å²) in [5, 5.41) is 0. The van der Waals surface area contributed by atoms with Crippen LogP contribution in [0.5, 0.6) is 11.6 Å². The lowest BCUT2D eigenvalue weighted by molar-refractivity contribution is 0.458. The van der Waals surface area contributed by atoms with Gasteiger partial charge in [0.2, 0.25) is 5.88 Å². The number of nitrogens with zero attached hydrogens (tertiary/aromatic N) is 3. The maximum absolute atomic E-state index is 5.42. The van der Waals surface area contributed by atoms with E-state index in [1.54, 1.807) is 18.6 Å². The van der Waals surface area contributed by atoms with E-state index in [1.165, 1.54) is 6.33 Å². The normalized spacial score (nSPS) is 9.79. The van der Waals surface area contributed by atoms with Crippen LogP contribution in [0.25, 0.3) is 0 Å². The smallest absolute Gasteiger partial charge is 0.219 e. The SMILES string of the molecule is Cc1ccnc(Oc2cncnc2)c1. The van der Waals surface area contributed by atoms with E-state index < -0.39 is 0 Å². The van der Waals surface area contributed by atoms with Gasteiger partial charge in [-0.1, -0.05) is 0 Å². The van der Waals surface area contributed by atoms with Gasteiger partial charge in [-0.15, -0.1) is 0 Å². The third kappa shape index (κ3) is 2.04. The molecule has 0 aliphatic carbocycles. The van der Waals surface area contributed by atoms with Crippen LogP contribution in [0.1, 0.15) is 5.56 Å². The molecule has 2 rings (SSSR count). The highest BCUT2D eigenvalue weighted by Crippen LogP contribution is 2.16. The molecule has 0 N–H and O–H groups in total. The monoisotopic (exact) mass is 187 g/mol. The topological polar surface area (TPSA) is 47.9 Å². The second-order valence-electron chi connectivity index (χ2n) is 2.85. The zero-order chi connectivity index (χ0) is 9.80. The first-order valence-electron chi connectivity index (χ1n) is 4.20. The molecule has 0 aliphatic heterocycles. The molecular weight excluding hydrogens is 178 g/mol. The fourth-order valence-corrected chi connectivity index (χ4v) is 1.02. The molecule has 0 aliphatic rings. The summed E-state index contributed by atoms with van der Waals surface area (Å²) in [5.41, 5.74) is 1.10. The number of hydrogen-bond acceptors (Lipinski definition) is 4. The summed E-state index contributed by atoms with van der Waals surface area (Å²) in [6.45, 7) is 1.98. The first kappa shape index (κ1) is 8.62. The first-order chi connectivity index (χ1) is 6.84. The molecule has 0 radical (unpaired) electrons. The molecule has 14 heavy (non-hydrogen) atoms. The fourth-order valence-electron chi connectivity index (χ4n) is 1.02. The van der Waals surface area contributed by atoms with Crippen molar-refractivity contribution in [3.8, 4) is 11.6 Å². The molecule has 0 unspecified atom stereocenters. The Bertz CT molecular complexity index is 417. The fraction of sp³-hybridized carbons (Fsp3) is 0.100. The van der Waals surface area contributed by atoms with Gasteiger partial charge in [0.05, 0.1) is 12.4 Å². The van der Waals surface area contributed by atoms with E-state index in [0.29, 0.717) is 11.6 Å². The molecule has 0 bridgehead atoms. The van der Waals surface area contributed by atoms with Crippen molar-refractivity contribution in [2.75, 3.05) is 0 Å². The predicted octanol–water partition coefficient (Wildman–Crippen LogP) is 1.97. The van der Waals surface area contributed by atoms with Crippen LogP contribution in [0.3, 0.4) is 0 Å². The molecule has 0 saturated carbocycles. The Morgan fingerprint density at radius 2 is 2.00 bits per heavy atom. The largest absolute Gasteiger partial charge is 0.436 e. The number of pyridine rings is 1. The van der Waals surface area contributed by atoms with Gasteiger partial charge < -0.3 is 4.74 Å². The molecule has 0 amide bonds. The van der Waals surface area contributed by atoms with Crippen molar-refractivity contribution in [2.24, 2.45) is 0 Å². The quantitative estimate of drug-likeness (QED) is 0.721. The maximum Gasteiger partial charge on any atom is 0.219 e. The second kappa shape index (κ2) is 3.83. The van der Waals surface area contributed by atoms with Gasteiger partial charge in [0.15, 0.2) is 5.75 Å².